The quantitative estimate of drug-likeness (QED) is 0.716. The van der Waals surface area contributed by atoms with Crippen LogP contribution in [0.2, 0.25) is 5.02 Å². The molecular formula is C20H26ClN5O3. The number of piperidine rings is 1. The van der Waals surface area contributed by atoms with Gasteiger partial charge in [0.05, 0.1) is 12.2 Å². The topological polar surface area (TPSA) is 72.7 Å². The second kappa shape index (κ2) is 8.59. The molecule has 2 aliphatic heterocycles. The van der Waals surface area contributed by atoms with Gasteiger partial charge in [0.15, 0.2) is 17.2 Å². The van der Waals surface area contributed by atoms with Gasteiger partial charge in [-0.05, 0) is 44.9 Å². The van der Waals surface area contributed by atoms with Crippen molar-refractivity contribution in [3.63, 3.8) is 0 Å². The largest absolute Gasteiger partial charge is 0.454 e. The average Bonchev–Trinajstić information content (AvgIpc) is 3.39. The first kappa shape index (κ1) is 20.0. The van der Waals surface area contributed by atoms with E-state index in [4.69, 9.17) is 21.1 Å². The Morgan fingerprint density at radius 3 is 2.79 bits per heavy atom. The number of ether oxygens (including phenoxy) is 2. The van der Waals surface area contributed by atoms with Gasteiger partial charge in [-0.15, -0.1) is 5.10 Å². The number of amides is 1. The molecule has 0 spiro atoms. The maximum atomic E-state index is 12.5. The number of hydrogen-bond donors (Lipinski definition) is 0. The summed E-state index contributed by atoms with van der Waals surface area (Å²) in [6.07, 6.45) is 3.84. The molecule has 8 nitrogen and oxygen atoms in total. The van der Waals surface area contributed by atoms with E-state index in [-0.39, 0.29) is 18.7 Å². The first-order valence-electron chi connectivity index (χ1n) is 10.1. The fraction of sp³-hybridized carbons (Fsp3) is 0.550. The molecule has 1 aromatic heterocycles. The molecule has 0 radical (unpaired) electrons. The summed E-state index contributed by atoms with van der Waals surface area (Å²) in [7, 11) is 0. The maximum Gasteiger partial charge on any atom is 0.276 e. The van der Waals surface area contributed by atoms with Crippen molar-refractivity contribution in [2.24, 2.45) is 0 Å². The summed E-state index contributed by atoms with van der Waals surface area (Å²) in [4.78, 5) is 16.6. The Balaban J connectivity index is 1.43. The van der Waals surface area contributed by atoms with Crippen LogP contribution in [0.15, 0.2) is 18.3 Å². The van der Waals surface area contributed by atoms with Gasteiger partial charge in [-0.2, -0.15) is 0 Å². The first-order chi connectivity index (χ1) is 14.1. The van der Waals surface area contributed by atoms with E-state index in [1.165, 1.54) is 0 Å². The van der Waals surface area contributed by atoms with Crippen LogP contribution in [0, 0.1) is 0 Å². The Labute approximate surface area is 175 Å². The molecule has 0 saturated carbocycles. The Hall–Kier alpha value is -2.32. The van der Waals surface area contributed by atoms with Crippen molar-refractivity contribution in [1.29, 1.82) is 0 Å². The minimum absolute atomic E-state index is 0.0685. The van der Waals surface area contributed by atoms with Crippen LogP contribution in [0.5, 0.6) is 11.5 Å². The second-order valence-corrected chi connectivity index (χ2v) is 7.80. The fourth-order valence-electron chi connectivity index (χ4n) is 3.94. The Morgan fingerprint density at radius 2 is 2.03 bits per heavy atom. The molecule has 2 aliphatic rings. The molecule has 1 aromatic carbocycles. The number of benzene rings is 1. The molecule has 1 fully saturated rings. The third-order valence-corrected chi connectivity index (χ3v) is 5.92. The molecule has 2 aromatic rings. The molecule has 0 aliphatic carbocycles. The van der Waals surface area contributed by atoms with Crippen molar-refractivity contribution < 1.29 is 14.3 Å². The molecule has 0 bridgehead atoms. The van der Waals surface area contributed by atoms with Crippen molar-refractivity contribution >= 4 is 17.5 Å². The molecule has 0 N–H and O–H groups in total. The summed E-state index contributed by atoms with van der Waals surface area (Å²) in [6.45, 7) is 8.03. The lowest BCUT2D eigenvalue weighted by atomic mass is 10.0. The summed E-state index contributed by atoms with van der Waals surface area (Å²) < 4.78 is 12.7. The Bertz CT molecular complexity index is 883. The van der Waals surface area contributed by atoms with Gasteiger partial charge >= 0.3 is 0 Å². The number of nitrogens with zero attached hydrogens (tertiary/aromatic N) is 5. The van der Waals surface area contributed by atoms with Crippen molar-refractivity contribution in [2.45, 2.75) is 39.3 Å². The van der Waals surface area contributed by atoms with E-state index in [0.29, 0.717) is 29.6 Å². The zero-order chi connectivity index (χ0) is 20.4. The molecule has 9 heteroatoms. The van der Waals surface area contributed by atoms with Crippen molar-refractivity contribution in [3.8, 4) is 11.5 Å². The molecule has 156 valence electrons. The summed E-state index contributed by atoms with van der Waals surface area (Å²) >= 11 is 6.44. The minimum Gasteiger partial charge on any atom is -0.454 e. The molecule has 1 saturated heterocycles. The molecule has 1 unspecified atom stereocenters. The lowest BCUT2D eigenvalue weighted by Crippen LogP contribution is -2.36. The van der Waals surface area contributed by atoms with E-state index in [1.54, 1.807) is 11.1 Å². The highest BCUT2D eigenvalue weighted by Crippen LogP contribution is 2.37. The highest BCUT2D eigenvalue weighted by Gasteiger charge is 2.26. The summed E-state index contributed by atoms with van der Waals surface area (Å²) in [5, 5.41) is 9.05. The Morgan fingerprint density at radius 1 is 1.28 bits per heavy atom. The van der Waals surface area contributed by atoms with E-state index in [9.17, 15) is 4.79 Å². The van der Waals surface area contributed by atoms with Gasteiger partial charge < -0.3 is 14.4 Å². The molecule has 3 heterocycles. The second-order valence-electron chi connectivity index (χ2n) is 7.39. The summed E-state index contributed by atoms with van der Waals surface area (Å²) in [6, 6.07) is 3.97. The molecule has 1 atom stereocenters. The van der Waals surface area contributed by atoms with Crippen LogP contribution in [0.1, 0.15) is 48.8 Å². The van der Waals surface area contributed by atoms with E-state index in [0.717, 1.165) is 43.8 Å². The van der Waals surface area contributed by atoms with Crippen molar-refractivity contribution in [3.05, 3.63) is 34.6 Å². The van der Waals surface area contributed by atoms with Crippen LogP contribution in [-0.2, 0) is 6.54 Å². The summed E-state index contributed by atoms with van der Waals surface area (Å²) in [5.74, 6) is 1.37. The normalized spacial score (nSPS) is 18.8. The smallest absolute Gasteiger partial charge is 0.276 e. The third-order valence-electron chi connectivity index (χ3n) is 5.57. The van der Waals surface area contributed by atoms with E-state index in [1.807, 2.05) is 30.7 Å². The van der Waals surface area contributed by atoms with Crippen molar-refractivity contribution in [1.82, 2.24) is 24.8 Å². The van der Waals surface area contributed by atoms with Crippen LogP contribution in [-0.4, -0.2) is 63.7 Å². The van der Waals surface area contributed by atoms with Gasteiger partial charge in [0, 0.05) is 37.3 Å². The first-order valence-corrected chi connectivity index (χ1v) is 10.5. The maximum absolute atomic E-state index is 12.5. The highest BCUT2D eigenvalue weighted by atomic mass is 35.5. The van der Waals surface area contributed by atoms with E-state index in [2.05, 4.69) is 15.2 Å². The van der Waals surface area contributed by atoms with Gasteiger partial charge in [0.1, 0.15) is 0 Å². The van der Waals surface area contributed by atoms with Gasteiger partial charge in [-0.3, -0.25) is 9.69 Å². The number of hydrogen-bond acceptors (Lipinski definition) is 6. The standard InChI is InChI=1S/C20H26ClN5O3/c1-3-25(4-2)20(27)17-12-26(23-22-17)15-6-5-7-24(11-15)10-14-8-18-19(9-16(14)21)29-13-28-18/h8-9,12,15H,3-7,10-11,13H2,1-2H3. The number of carbonyl (C=O) groups is 1. The monoisotopic (exact) mass is 419 g/mol. The van der Waals surface area contributed by atoms with Crippen LogP contribution in [0.4, 0.5) is 0 Å². The fourth-order valence-corrected chi connectivity index (χ4v) is 4.15. The van der Waals surface area contributed by atoms with Gasteiger partial charge in [-0.1, -0.05) is 16.8 Å². The zero-order valence-corrected chi connectivity index (χ0v) is 17.6. The Kier molecular flexibility index (Phi) is 5.91. The highest BCUT2D eigenvalue weighted by molar-refractivity contribution is 6.31. The summed E-state index contributed by atoms with van der Waals surface area (Å²) in [5.41, 5.74) is 1.43. The predicted octanol–water partition coefficient (Wildman–Crippen LogP) is 2.98. The van der Waals surface area contributed by atoms with E-state index >= 15 is 0 Å². The SMILES string of the molecule is CCN(CC)C(=O)c1cn(C2CCCN(Cc3cc4c(cc3Cl)OCO4)C2)nn1. The number of fused-ring (bicyclic) bond motifs is 1. The zero-order valence-electron chi connectivity index (χ0n) is 16.8. The molecule has 1 amide bonds. The minimum atomic E-state index is -0.0685. The lowest BCUT2D eigenvalue weighted by molar-refractivity contribution is 0.0767. The molecular weight excluding hydrogens is 394 g/mol. The molecule has 29 heavy (non-hydrogen) atoms. The van der Waals surface area contributed by atoms with Crippen LogP contribution >= 0.6 is 11.6 Å². The van der Waals surface area contributed by atoms with Crippen LogP contribution in [0.25, 0.3) is 0 Å². The van der Waals surface area contributed by atoms with Gasteiger partial charge in [0.25, 0.3) is 5.91 Å². The third kappa shape index (κ3) is 4.18. The average molecular weight is 420 g/mol. The van der Waals surface area contributed by atoms with E-state index < -0.39 is 0 Å². The van der Waals surface area contributed by atoms with Gasteiger partial charge in [0.2, 0.25) is 6.79 Å². The lowest BCUT2D eigenvalue weighted by Gasteiger charge is -2.32. The van der Waals surface area contributed by atoms with Crippen molar-refractivity contribution in [2.75, 3.05) is 33.0 Å². The van der Waals surface area contributed by atoms with Crippen LogP contribution < -0.4 is 9.47 Å². The molecule has 4 rings (SSSR count). The predicted molar refractivity (Wildman–Crippen MR) is 108 cm³/mol. The number of likely N-dealkylation sites (tertiary alicyclic amines) is 1. The number of aromatic nitrogens is 3. The number of carbonyl (C=O) groups excluding carboxylic acids is 1. The number of rotatable bonds is 6. The van der Waals surface area contributed by atoms with Crippen LogP contribution in [0.3, 0.4) is 0 Å². The number of halogens is 1. The van der Waals surface area contributed by atoms with Gasteiger partial charge in [-0.25, -0.2) is 4.68 Å².